The molecule has 148 valence electrons. The maximum atomic E-state index is 12.6. The van der Waals surface area contributed by atoms with Gasteiger partial charge in [0.2, 0.25) is 0 Å². The number of halogens is 1. The number of nitrogens with one attached hydrogen (secondary N) is 1. The normalized spacial score (nSPS) is 11.0. The smallest absolute Gasteiger partial charge is 0.266 e. The summed E-state index contributed by atoms with van der Waals surface area (Å²) in [5.41, 5.74) is 2.64. The molecule has 0 fully saturated rings. The van der Waals surface area contributed by atoms with E-state index in [0.29, 0.717) is 33.1 Å². The average molecular weight is 425 g/mol. The molecule has 4 rings (SSSR count). The van der Waals surface area contributed by atoms with Crippen LogP contribution in [0.3, 0.4) is 0 Å². The quantitative estimate of drug-likeness (QED) is 0.341. The first kappa shape index (κ1) is 19.9. The Balaban J connectivity index is 1.68. The van der Waals surface area contributed by atoms with Crippen LogP contribution in [0.15, 0.2) is 76.8 Å². The molecule has 31 heavy (non-hydrogen) atoms. The third-order valence-corrected chi connectivity index (χ3v) is 4.83. The van der Waals surface area contributed by atoms with Crippen molar-refractivity contribution in [2.75, 3.05) is 5.32 Å². The Labute approximate surface area is 182 Å². The Bertz CT molecular complexity index is 1410. The van der Waals surface area contributed by atoms with Crippen molar-refractivity contribution >= 4 is 40.2 Å². The minimum atomic E-state index is -0.603. The summed E-state index contributed by atoms with van der Waals surface area (Å²) in [5, 5.41) is 26.7. The summed E-state index contributed by atoms with van der Waals surface area (Å²) >= 11 is 5.96. The molecular weight excluding hydrogens is 412 g/mol. The van der Waals surface area contributed by atoms with Crippen molar-refractivity contribution in [3.63, 3.8) is 0 Å². The molecule has 1 amide bonds. The number of carbonyl (C=O) groups excluding carboxylic acids is 1. The van der Waals surface area contributed by atoms with Crippen molar-refractivity contribution < 1.29 is 9.32 Å². The minimum Gasteiger partial charge on any atom is -0.355 e. The van der Waals surface area contributed by atoms with Crippen molar-refractivity contribution in [1.29, 1.82) is 10.5 Å². The Morgan fingerprint density at radius 2 is 1.84 bits per heavy atom. The fourth-order valence-corrected chi connectivity index (χ4v) is 3.18. The van der Waals surface area contributed by atoms with Crippen LogP contribution in [0.4, 0.5) is 5.69 Å². The van der Waals surface area contributed by atoms with Crippen molar-refractivity contribution in [3.8, 4) is 23.5 Å². The predicted octanol–water partition coefficient (Wildman–Crippen LogP) is 5.57. The van der Waals surface area contributed by atoms with E-state index in [1.807, 2.05) is 24.3 Å². The van der Waals surface area contributed by atoms with Gasteiger partial charge in [-0.25, -0.2) is 0 Å². The van der Waals surface area contributed by atoms with E-state index in [1.54, 1.807) is 54.6 Å². The molecule has 0 unspecified atom stereocenters. The average Bonchev–Trinajstić information content (AvgIpc) is 3.21. The third-order valence-electron chi connectivity index (χ3n) is 4.58. The fourth-order valence-electron chi connectivity index (χ4n) is 3.05. The number of hydrogen-bond acceptors (Lipinski definition) is 5. The van der Waals surface area contributed by atoms with Crippen molar-refractivity contribution in [2.24, 2.45) is 0 Å². The molecule has 0 atom stereocenters. The molecule has 1 heterocycles. The molecule has 0 radical (unpaired) electrons. The predicted molar refractivity (Wildman–Crippen MR) is 118 cm³/mol. The Kier molecular flexibility index (Phi) is 5.49. The molecule has 0 aliphatic carbocycles. The first-order valence-corrected chi connectivity index (χ1v) is 9.54. The summed E-state index contributed by atoms with van der Waals surface area (Å²) in [6, 6.07) is 23.0. The molecule has 7 heteroatoms. The second-order valence-electron chi connectivity index (χ2n) is 6.58. The van der Waals surface area contributed by atoms with Gasteiger partial charge in [0.1, 0.15) is 23.2 Å². The number of hydrogen-bond donors (Lipinski definition) is 1. The van der Waals surface area contributed by atoms with E-state index in [0.717, 1.165) is 10.9 Å². The van der Waals surface area contributed by atoms with Gasteiger partial charge in [0, 0.05) is 10.6 Å². The molecule has 0 saturated heterocycles. The van der Waals surface area contributed by atoms with E-state index >= 15 is 0 Å². The van der Waals surface area contributed by atoms with Gasteiger partial charge in [-0.1, -0.05) is 35.0 Å². The van der Waals surface area contributed by atoms with Gasteiger partial charge in [-0.05, 0) is 60.2 Å². The van der Waals surface area contributed by atoms with Crippen LogP contribution in [0.2, 0.25) is 5.02 Å². The highest BCUT2D eigenvalue weighted by atomic mass is 35.5. The van der Waals surface area contributed by atoms with Crippen LogP contribution in [0.1, 0.15) is 11.1 Å². The molecule has 1 aromatic heterocycles. The van der Waals surface area contributed by atoms with E-state index in [1.165, 1.54) is 6.08 Å². The summed E-state index contributed by atoms with van der Waals surface area (Å²) in [7, 11) is 0. The summed E-state index contributed by atoms with van der Waals surface area (Å²) in [6.07, 6.45) is 1.47. The van der Waals surface area contributed by atoms with E-state index < -0.39 is 5.91 Å². The lowest BCUT2D eigenvalue weighted by atomic mass is 10.0. The SMILES string of the molecule is N#C/C(=C\c1ccc2noc(-c3ccc(Cl)cc3)c2c1)C(=O)Nc1ccccc1C#N. The van der Waals surface area contributed by atoms with Crippen LogP contribution >= 0.6 is 11.6 Å². The minimum absolute atomic E-state index is 0.100. The molecule has 0 saturated carbocycles. The number of aromatic nitrogens is 1. The summed E-state index contributed by atoms with van der Waals surface area (Å²) in [5.74, 6) is -0.0404. The summed E-state index contributed by atoms with van der Waals surface area (Å²) in [6.45, 7) is 0. The molecule has 0 bridgehead atoms. The number of fused-ring (bicyclic) bond motifs is 1. The van der Waals surface area contributed by atoms with Crippen LogP contribution in [-0.2, 0) is 4.79 Å². The maximum Gasteiger partial charge on any atom is 0.266 e. The van der Waals surface area contributed by atoms with Crippen molar-refractivity contribution in [1.82, 2.24) is 5.16 Å². The first-order chi connectivity index (χ1) is 15.1. The van der Waals surface area contributed by atoms with Crippen LogP contribution < -0.4 is 5.32 Å². The van der Waals surface area contributed by atoms with Gasteiger partial charge in [0.05, 0.1) is 16.6 Å². The fraction of sp³-hybridized carbons (Fsp3) is 0. The summed E-state index contributed by atoms with van der Waals surface area (Å²) < 4.78 is 5.49. The Morgan fingerprint density at radius 1 is 1.06 bits per heavy atom. The Morgan fingerprint density at radius 3 is 2.58 bits per heavy atom. The molecule has 0 aliphatic heterocycles. The zero-order valence-corrected chi connectivity index (χ0v) is 16.7. The number of benzene rings is 3. The van der Waals surface area contributed by atoms with Crippen LogP contribution in [-0.4, -0.2) is 11.1 Å². The van der Waals surface area contributed by atoms with Crippen LogP contribution in [0.25, 0.3) is 28.3 Å². The third kappa shape index (κ3) is 4.16. The van der Waals surface area contributed by atoms with Crippen LogP contribution in [0, 0.1) is 22.7 Å². The molecule has 6 nitrogen and oxygen atoms in total. The highest BCUT2D eigenvalue weighted by Gasteiger charge is 2.14. The zero-order chi connectivity index (χ0) is 21.8. The van der Waals surface area contributed by atoms with Gasteiger partial charge in [-0.15, -0.1) is 0 Å². The lowest BCUT2D eigenvalue weighted by molar-refractivity contribution is -0.112. The molecule has 4 aromatic rings. The molecule has 0 spiro atoms. The number of anilines is 1. The van der Waals surface area contributed by atoms with Crippen LogP contribution in [0.5, 0.6) is 0 Å². The van der Waals surface area contributed by atoms with Gasteiger partial charge in [-0.2, -0.15) is 10.5 Å². The molecular formula is C24H13ClN4O2. The number of nitriles is 2. The number of rotatable bonds is 4. The second kappa shape index (κ2) is 8.54. The van der Waals surface area contributed by atoms with E-state index in [4.69, 9.17) is 16.1 Å². The lowest BCUT2D eigenvalue weighted by Crippen LogP contribution is -2.14. The van der Waals surface area contributed by atoms with E-state index in [-0.39, 0.29) is 5.57 Å². The van der Waals surface area contributed by atoms with Gasteiger partial charge < -0.3 is 9.84 Å². The molecule has 3 aromatic carbocycles. The number of para-hydroxylation sites is 1. The first-order valence-electron chi connectivity index (χ1n) is 9.16. The topological polar surface area (TPSA) is 103 Å². The Hall–Kier alpha value is -4.39. The second-order valence-corrected chi connectivity index (χ2v) is 7.01. The maximum absolute atomic E-state index is 12.6. The zero-order valence-electron chi connectivity index (χ0n) is 16.0. The largest absolute Gasteiger partial charge is 0.355 e. The van der Waals surface area contributed by atoms with E-state index in [9.17, 15) is 15.3 Å². The highest BCUT2D eigenvalue weighted by molar-refractivity contribution is 6.30. The standard InChI is InChI=1S/C24H13ClN4O2/c25-19-8-6-16(7-9-19)23-20-12-15(5-10-22(20)29-31-23)11-18(14-27)24(30)28-21-4-2-1-3-17(21)13-26/h1-12H,(H,28,30)/b18-11+. The molecule has 1 N–H and O–H groups in total. The highest BCUT2D eigenvalue weighted by Crippen LogP contribution is 2.30. The summed E-state index contributed by atoms with van der Waals surface area (Å²) in [4.78, 5) is 12.6. The number of carbonyl (C=O) groups is 1. The van der Waals surface area contributed by atoms with Gasteiger partial charge >= 0.3 is 0 Å². The monoisotopic (exact) mass is 424 g/mol. The van der Waals surface area contributed by atoms with Gasteiger partial charge in [-0.3, -0.25) is 4.79 Å². The van der Waals surface area contributed by atoms with E-state index in [2.05, 4.69) is 10.5 Å². The number of amides is 1. The van der Waals surface area contributed by atoms with Gasteiger partial charge in [0.25, 0.3) is 5.91 Å². The van der Waals surface area contributed by atoms with Gasteiger partial charge in [0.15, 0.2) is 5.76 Å². The van der Waals surface area contributed by atoms with Crippen molar-refractivity contribution in [2.45, 2.75) is 0 Å². The molecule has 0 aliphatic rings. The van der Waals surface area contributed by atoms with Crippen molar-refractivity contribution in [3.05, 3.63) is 88.5 Å². The number of nitrogens with zero attached hydrogens (tertiary/aromatic N) is 3. The lowest BCUT2D eigenvalue weighted by Gasteiger charge is -2.06.